The van der Waals surface area contributed by atoms with Gasteiger partial charge in [0.25, 0.3) is 5.91 Å². The van der Waals surface area contributed by atoms with E-state index in [9.17, 15) is 18.0 Å². The van der Waals surface area contributed by atoms with Crippen LogP contribution in [0.15, 0.2) is 42.9 Å². The van der Waals surface area contributed by atoms with Crippen molar-refractivity contribution in [1.29, 1.82) is 0 Å². The highest BCUT2D eigenvalue weighted by molar-refractivity contribution is 5.96. The van der Waals surface area contributed by atoms with Gasteiger partial charge >= 0.3 is 6.18 Å². The van der Waals surface area contributed by atoms with Gasteiger partial charge in [-0.15, -0.1) is 4.80 Å². The van der Waals surface area contributed by atoms with Crippen molar-refractivity contribution in [3.05, 3.63) is 59.8 Å². The van der Waals surface area contributed by atoms with Gasteiger partial charge in [-0.3, -0.25) is 4.79 Å². The highest BCUT2D eigenvalue weighted by atomic mass is 19.4. The summed E-state index contributed by atoms with van der Waals surface area (Å²) in [6, 6.07) is 5.33. The third kappa shape index (κ3) is 4.81. The molecule has 3 aromatic rings. The minimum atomic E-state index is -4.47. The van der Waals surface area contributed by atoms with Crippen LogP contribution >= 0.6 is 0 Å². The number of halogens is 3. The predicted octanol–water partition coefficient (Wildman–Crippen LogP) is 3.70. The number of carbonyl (C=O) groups excluding carboxylic acids is 1. The molecule has 0 bridgehead atoms. The number of amides is 1. The normalized spacial score (nSPS) is 19.5. The van der Waals surface area contributed by atoms with E-state index in [2.05, 4.69) is 20.2 Å². The number of nitrogens with zero attached hydrogens (tertiary/aromatic N) is 6. The fourth-order valence-corrected chi connectivity index (χ4v) is 3.99. The highest BCUT2D eigenvalue weighted by Gasteiger charge is 2.39. The minimum absolute atomic E-state index is 0.0672. The molecule has 8 nitrogen and oxygen atoms in total. The van der Waals surface area contributed by atoms with Crippen molar-refractivity contribution >= 4 is 5.91 Å². The number of alkyl halides is 3. The van der Waals surface area contributed by atoms with E-state index < -0.39 is 17.8 Å². The van der Waals surface area contributed by atoms with Crippen LogP contribution in [0.2, 0.25) is 0 Å². The molecule has 0 radical (unpaired) electrons. The summed E-state index contributed by atoms with van der Waals surface area (Å²) in [6.07, 6.45) is -0.525. The Kier molecular flexibility index (Phi) is 6.05. The molecular weight excluding hydrogens is 437 g/mol. The van der Waals surface area contributed by atoms with Gasteiger partial charge in [-0.2, -0.15) is 23.4 Å². The summed E-state index contributed by atoms with van der Waals surface area (Å²) in [5, 5.41) is 8.23. The Balaban J connectivity index is 1.57. The zero-order chi connectivity index (χ0) is 23.8. The summed E-state index contributed by atoms with van der Waals surface area (Å²) >= 11 is 0. The van der Waals surface area contributed by atoms with Gasteiger partial charge in [0.2, 0.25) is 5.88 Å². The molecule has 4 rings (SSSR count). The average Bonchev–Trinajstić information content (AvgIpc) is 3.43. The first-order chi connectivity index (χ1) is 15.6. The number of hydrogen-bond acceptors (Lipinski definition) is 6. The van der Waals surface area contributed by atoms with Crippen LogP contribution in [-0.4, -0.2) is 54.5 Å². The smallest absolute Gasteiger partial charge is 0.417 e. The summed E-state index contributed by atoms with van der Waals surface area (Å²) < 4.78 is 44.2. The van der Waals surface area contributed by atoms with Crippen molar-refractivity contribution in [3.63, 3.8) is 0 Å². The zero-order valence-electron chi connectivity index (χ0n) is 18.3. The van der Waals surface area contributed by atoms with Crippen molar-refractivity contribution in [3.8, 4) is 11.6 Å². The largest absolute Gasteiger partial charge is 0.472 e. The summed E-state index contributed by atoms with van der Waals surface area (Å²) in [5.41, 5.74) is 0.521. The van der Waals surface area contributed by atoms with E-state index in [1.807, 2.05) is 6.92 Å². The van der Waals surface area contributed by atoms with E-state index in [0.717, 1.165) is 12.3 Å². The number of rotatable bonds is 5. The number of hydrogen-bond donors (Lipinski definition) is 0. The molecule has 3 unspecified atom stereocenters. The van der Waals surface area contributed by atoms with Gasteiger partial charge in [-0.05, 0) is 44.4 Å². The Labute approximate surface area is 188 Å². The summed E-state index contributed by atoms with van der Waals surface area (Å²) in [6.45, 7) is 6.10. The molecule has 0 N–H and O–H groups in total. The molecule has 174 valence electrons. The van der Waals surface area contributed by atoms with Crippen molar-refractivity contribution in [2.75, 3.05) is 6.54 Å². The van der Waals surface area contributed by atoms with Crippen LogP contribution in [0.25, 0.3) is 5.69 Å². The first-order valence-corrected chi connectivity index (χ1v) is 10.5. The second-order valence-electron chi connectivity index (χ2n) is 8.21. The monoisotopic (exact) mass is 460 g/mol. The molecule has 0 saturated carbocycles. The lowest BCUT2D eigenvalue weighted by Gasteiger charge is -2.29. The van der Waals surface area contributed by atoms with Crippen molar-refractivity contribution in [2.24, 2.45) is 5.92 Å². The van der Waals surface area contributed by atoms with E-state index in [-0.39, 0.29) is 29.4 Å². The molecule has 4 heterocycles. The number of pyridine rings is 2. The van der Waals surface area contributed by atoms with Crippen molar-refractivity contribution in [2.45, 2.75) is 45.5 Å². The fourth-order valence-electron chi connectivity index (χ4n) is 3.99. The van der Waals surface area contributed by atoms with Crippen LogP contribution in [0.4, 0.5) is 13.2 Å². The molecule has 1 aliphatic heterocycles. The van der Waals surface area contributed by atoms with E-state index in [1.54, 1.807) is 30.9 Å². The van der Waals surface area contributed by atoms with Crippen molar-refractivity contribution in [1.82, 2.24) is 29.9 Å². The van der Waals surface area contributed by atoms with Crippen LogP contribution in [0.3, 0.4) is 0 Å². The molecule has 1 fully saturated rings. The SMILES string of the molecule is Cc1ccc(-n2nccn2)c(C(=O)N2CC(C)CC2C(C)Oc2ccc(C(F)(F)F)cn2)n1. The van der Waals surface area contributed by atoms with Gasteiger partial charge in [0.1, 0.15) is 11.8 Å². The third-order valence-corrected chi connectivity index (χ3v) is 5.58. The fraction of sp³-hybridized carbons (Fsp3) is 0.409. The van der Waals surface area contributed by atoms with Gasteiger partial charge in [0, 0.05) is 24.5 Å². The Morgan fingerprint density at radius 3 is 2.55 bits per heavy atom. The van der Waals surface area contributed by atoms with Gasteiger partial charge in [0.05, 0.1) is 24.0 Å². The number of aromatic nitrogens is 5. The average molecular weight is 460 g/mol. The van der Waals surface area contributed by atoms with Crippen LogP contribution in [-0.2, 0) is 6.18 Å². The molecule has 1 aliphatic rings. The summed E-state index contributed by atoms with van der Waals surface area (Å²) in [5.74, 6) is -0.00427. The highest BCUT2D eigenvalue weighted by Crippen LogP contribution is 2.31. The van der Waals surface area contributed by atoms with E-state index in [4.69, 9.17) is 4.74 Å². The van der Waals surface area contributed by atoms with Crippen LogP contribution < -0.4 is 4.74 Å². The molecule has 11 heteroatoms. The molecule has 3 atom stereocenters. The second kappa shape index (κ2) is 8.80. The predicted molar refractivity (Wildman–Crippen MR) is 112 cm³/mol. The van der Waals surface area contributed by atoms with Gasteiger partial charge < -0.3 is 9.64 Å². The quantitative estimate of drug-likeness (QED) is 0.577. The second-order valence-corrected chi connectivity index (χ2v) is 8.21. The Morgan fingerprint density at radius 2 is 1.91 bits per heavy atom. The lowest BCUT2D eigenvalue weighted by atomic mass is 10.0. The Hall–Kier alpha value is -3.50. The molecule has 1 saturated heterocycles. The first kappa shape index (κ1) is 22.7. The maximum atomic E-state index is 13.6. The lowest BCUT2D eigenvalue weighted by Crippen LogP contribution is -2.44. The number of aryl methyl sites for hydroxylation is 1. The van der Waals surface area contributed by atoms with Gasteiger partial charge in [-0.1, -0.05) is 6.92 Å². The minimum Gasteiger partial charge on any atom is -0.472 e. The molecule has 0 aromatic carbocycles. The first-order valence-electron chi connectivity index (χ1n) is 10.5. The molecule has 33 heavy (non-hydrogen) atoms. The van der Waals surface area contributed by atoms with Crippen LogP contribution in [0.5, 0.6) is 5.88 Å². The summed E-state index contributed by atoms with van der Waals surface area (Å²) in [4.78, 5) is 24.9. The molecule has 0 aliphatic carbocycles. The maximum Gasteiger partial charge on any atom is 0.417 e. The Bertz CT molecular complexity index is 1120. The molecule has 0 spiro atoms. The number of ether oxygens (including phenoxy) is 1. The summed E-state index contributed by atoms with van der Waals surface area (Å²) in [7, 11) is 0. The van der Waals surface area contributed by atoms with Crippen LogP contribution in [0, 0.1) is 12.8 Å². The van der Waals surface area contributed by atoms with E-state index in [1.165, 1.54) is 23.3 Å². The van der Waals surface area contributed by atoms with Crippen molar-refractivity contribution < 1.29 is 22.7 Å². The molecular formula is C22H23F3N6O2. The van der Waals surface area contributed by atoms with Gasteiger partial charge in [-0.25, -0.2) is 9.97 Å². The standard InChI is InChI=1S/C22H23F3N6O2/c1-13-10-18(15(3)33-19-7-5-16(11-26-19)22(23,24)25)30(12-13)21(32)20-17(6-4-14(2)29-20)31-27-8-9-28-31/h4-9,11,13,15,18H,10,12H2,1-3H3. The Morgan fingerprint density at radius 1 is 1.18 bits per heavy atom. The van der Waals surface area contributed by atoms with Gasteiger partial charge in [0.15, 0.2) is 5.69 Å². The molecule has 3 aromatic heterocycles. The number of likely N-dealkylation sites (tertiary alicyclic amines) is 1. The number of carbonyl (C=O) groups is 1. The molecule has 1 amide bonds. The van der Waals surface area contributed by atoms with Crippen LogP contribution in [0.1, 0.15) is 42.0 Å². The lowest BCUT2D eigenvalue weighted by molar-refractivity contribution is -0.137. The zero-order valence-corrected chi connectivity index (χ0v) is 18.3. The maximum absolute atomic E-state index is 13.6. The van der Waals surface area contributed by atoms with E-state index >= 15 is 0 Å². The third-order valence-electron chi connectivity index (χ3n) is 5.58. The topological polar surface area (TPSA) is 86.0 Å². The van der Waals surface area contributed by atoms with E-state index in [0.29, 0.717) is 24.3 Å².